The Labute approximate surface area is 364 Å². The number of alkyl halides is 2. The third kappa shape index (κ3) is 9.33. The summed E-state index contributed by atoms with van der Waals surface area (Å²) in [7, 11) is -5.22. The molecule has 0 aliphatic carbocycles. The fraction of sp³-hybridized carbons (Fsp3) is 0.486. The van der Waals surface area contributed by atoms with Gasteiger partial charge in [-0.2, -0.15) is 0 Å². The summed E-state index contributed by atoms with van der Waals surface area (Å²) in [6.07, 6.45) is -10.1. The van der Waals surface area contributed by atoms with Crippen LogP contribution in [0.5, 0.6) is 0 Å². The molecule has 24 nitrogen and oxygen atoms in total. The number of nitrogen functional groups attached to an aromatic ring is 1. The summed E-state index contributed by atoms with van der Waals surface area (Å²) in [6.45, 7) is -1.27. The van der Waals surface area contributed by atoms with Crippen LogP contribution < -0.4 is 27.7 Å². The number of H-pyrrole nitrogens is 1. The minimum Gasteiger partial charge on any atom is -0.382 e. The smallest absolute Gasteiger partial charge is 0.382 e. The maximum atomic E-state index is 16.7. The Hall–Kier alpha value is -4.79. The number of hydrogen-bond acceptors (Lipinski definition) is 19. The number of phosphoric acid groups is 1. The number of carbonyl (C=O) groups excluding carboxylic acids is 2. The third-order valence-electron chi connectivity index (χ3n) is 10.5. The molecule has 29 heteroatoms. The van der Waals surface area contributed by atoms with Crippen LogP contribution in [-0.2, 0) is 52.0 Å². The lowest BCUT2D eigenvalue weighted by Gasteiger charge is -2.29. The fourth-order valence-electron chi connectivity index (χ4n) is 6.99. The number of carbonyl (C=O) groups is 2. The second-order valence-electron chi connectivity index (χ2n) is 15.3. The predicted molar refractivity (Wildman–Crippen MR) is 221 cm³/mol. The molecule has 0 radical (unpaired) electrons. The number of aromatic nitrogens is 8. The lowest BCUT2D eigenvalue weighted by molar-refractivity contribution is -0.127. The second kappa shape index (κ2) is 18.2. The van der Waals surface area contributed by atoms with Crippen molar-refractivity contribution in [2.75, 3.05) is 24.3 Å². The molecular formula is C35H42F2N12O12P2S. The summed E-state index contributed by atoms with van der Waals surface area (Å²) < 4.78 is 98.2. The van der Waals surface area contributed by atoms with Crippen LogP contribution in [0.1, 0.15) is 38.8 Å². The first kappa shape index (κ1) is 45.8. The Balaban J connectivity index is 1.05. The Bertz CT molecular complexity index is 2700. The van der Waals surface area contributed by atoms with Crippen molar-refractivity contribution >= 4 is 71.6 Å². The molecule has 2 amide bonds. The van der Waals surface area contributed by atoms with Gasteiger partial charge in [0.1, 0.15) is 42.3 Å². The number of rotatable bonds is 10. The van der Waals surface area contributed by atoms with E-state index in [0.29, 0.717) is 22.6 Å². The summed E-state index contributed by atoms with van der Waals surface area (Å²) >= 11 is 0.615. The van der Waals surface area contributed by atoms with Crippen molar-refractivity contribution in [3.63, 3.8) is 0 Å². The van der Waals surface area contributed by atoms with Gasteiger partial charge in [0.2, 0.25) is 11.8 Å². The maximum Gasteiger partial charge on any atom is 0.472 e. The van der Waals surface area contributed by atoms with Gasteiger partial charge in [0, 0.05) is 11.4 Å². The molecule has 7 heterocycles. The average Bonchev–Trinajstić information content (AvgIpc) is 4.03. The highest BCUT2D eigenvalue weighted by atomic mass is 32.7. The molecule has 0 bridgehead atoms. The number of imidazole rings is 2. The number of aromatic amines is 1. The average molecular weight is 955 g/mol. The molecule has 8 N–H and O–H groups in total. The number of nitrogens with zero attached hydrogens (tertiary/aromatic N) is 7. The number of fused-ring (bicyclic) bond motifs is 4. The molecule has 3 aliphatic rings. The highest BCUT2D eigenvalue weighted by molar-refractivity contribution is 8.54. The van der Waals surface area contributed by atoms with Crippen molar-refractivity contribution < 1.29 is 60.0 Å². The first-order valence-electron chi connectivity index (χ1n) is 19.5. The Morgan fingerprint density at radius 1 is 0.906 bits per heavy atom. The van der Waals surface area contributed by atoms with Crippen molar-refractivity contribution in [3.05, 3.63) is 65.5 Å². The second-order valence-corrected chi connectivity index (χ2v) is 20.7. The van der Waals surface area contributed by atoms with Crippen molar-refractivity contribution in [2.24, 2.45) is 11.7 Å². The summed E-state index contributed by atoms with van der Waals surface area (Å²) in [6, 6.07) is 4.58. The van der Waals surface area contributed by atoms with E-state index in [1.54, 1.807) is 38.1 Å². The molecule has 4 aromatic heterocycles. The molecule has 2 unspecified atom stereocenters. The zero-order chi connectivity index (χ0) is 45.7. The Morgan fingerprint density at radius 3 is 2.17 bits per heavy atom. The highest BCUT2D eigenvalue weighted by Crippen LogP contribution is 2.65. The standard InChI is InChI=1S/C35H42F2N12O12P2S/c1-15(2)23(38)32(51)46-16(3)31(50)47-18-6-4-17(5-7-18)10-64-63(55)57-9-20-26(21(36)34(59-20)48-13-44-24-28(39)40-11-41-29(24)48)60-62(53,54)56-8-19-27(61-63)22(37)35(58-19)49-14-45-25-30(49)42-12-43-33(25)52/h4-7,11-16,19-23,26-27,34-35H,8-10,38H2,1-3H3,(H,46,51)(H,47,50)(H,53,54)(H2,39,40,41)(H,42,43,52)/t16-,19+,20+,21+,22+,23-,26+,27+,34+,35+,63?/m0/s1. The van der Waals surface area contributed by atoms with Gasteiger partial charge in [-0.05, 0) is 41.9 Å². The minimum absolute atomic E-state index is 0.0129. The number of anilines is 2. The molecule has 5 aromatic rings. The third-order valence-corrected chi connectivity index (χ3v) is 15.2. The largest absolute Gasteiger partial charge is 0.472 e. The minimum atomic E-state index is -5.22. The monoisotopic (exact) mass is 954 g/mol. The van der Waals surface area contributed by atoms with Crippen LogP contribution in [0.25, 0.3) is 22.3 Å². The van der Waals surface area contributed by atoms with Crippen LogP contribution in [0.15, 0.2) is 54.4 Å². The van der Waals surface area contributed by atoms with Gasteiger partial charge in [-0.15, -0.1) is 0 Å². The van der Waals surface area contributed by atoms with Gasteiger partial charge in [-0.25, -0.2) is 42.8 Å². The molecule has 3 aliphatic heterocycles. The van der Waals surface area contributed by atoms with Crippen LogP contribution in [0.4, 0.5) is 20.3 Å². The molecule has 0 saturated carbocycles. The lowest BCUT2D eigenvalue weighted by Crippen LogP contribution is -2.50. The van der Waals surface area contributed by atoms with Crippen LogP contribution in [0, 0.1) is 5.92 Å². The summed E-state index contributed by atoms with van der Waals surface area (Å²) in [5.41, 5.74) is 12.0. The van der Waals surface area contributed by atoms with Gasteiger partial charge in [-0.3, -0.25) is 41.6 Å². The molecule has 64 heavy (non-hydrogen) atoms. The van der Waals surface area contributed by atoms with Gasteiger partial charge in [-0.1, -0.05) is 26.0 Å². The number of benzene rings is 1. The number of halogens is 2. The van der Waals surface area contributed by atoms with Gasteiger partial charge in [0.25, 0.3) is 5.56 Å². The Kier molecular flexibility index (Phi) is 13.0. The number of hydrogen-bond donors (Lipinski definition) is 6. The maximum absolute atomic E-state index is 16.7. The zero-order valence-electron chi connectivity index (χ0n) is 33.9. The van der Waals surface area contributed by atoms with Crippen LogP contribution in [-0.4, -0.2) is 118 Å². The first-order chi connectivity index (χ1) is 30.4. The molecule has 12 atom stereocenters. The van der Waals surface area contributed by atoms with Crippen molar-refractivity contribution in [1.82, 2.24) is 44.4 Å². The van der Waals surface area contributed by atoms with E-state index in [0.717, 1.165) is 23.5 Å². The molecular weight excluding hydrogens is 912 g/mol. The van der Waals surface area contributed by atoms with Gasteiger partial charge in [0.05, 0.1) is 38.2 Å². The van der Waals surface area contributed by atoms with Crippen LogP contribution >= 0.6 is 26.0 Å². The first-order valence-corrected chi connectivity index (χ1v) is 24.2. The normalized spacial score (nSPS) is 30.9. The quantitative estimate of drug-likeness (QED) is 0.109. The number of phosphoric ester groups is 1. The van der Waals surface area contributed by atoms with Gasteiger partial charge >= 0.3 is 14.6 Å². The molecule has 344 valence electrons. The van der Waals surface area contributed by atoms with Gasteiger partial charge < -0.3 is 41.5 Å². The van der Waals surface area contributed by atoms with E-state index in [4.69, 9.17) is 39.0 Å². The lowest BCUT2D eigenvalue weighted by atomic mass is 10.0. The van der Waals surface area contributed by atoms with E-state index in [1.807, 2.05) is 0 Å². The van der Waals surface area contributed by atoms with Crippen LogP contribution in [0.3, 0.4) is 0 Å². The Morgan fingerprint density at radius 2 is 1.52 bits per heavy atom. The van der Waals surface area contributed by atoms with E-state index in [2.05, 4.69) is 40.5 Å². The molecule has 0 spiro atoms. The SMILES string of the molecule is CC(C)[C@H](N)C(=O)N[C@@H](C)C(=O)Nc1ccc(CSP2(=O)OC[C@H]3O[C@@H](n4cnc5c(N)ncnc54)[C@H](F)[C@@H]3OP(=O)(O)OC[C@H]3O[C@@H](n4cnc5c(=O)[nH]cnc54)[C@H](F)[C@@H]3O2)cc1. The van der Waals surface area contributed by atoms with E-state index >= 15 is 8.78 Å². The van der Waals surface area contributed by atoms with E-state index in [-0.39, 0.29) is 39.8 Å². The molecule has 3 fully saturated rings. The van der Waals surface area contributed by atoms with Gasteiger partial charge in [0.15, 0.2) is 47.4 Å². The summed E-state index contributed by atoms with van der Waals surface area (Å²) in [5, 5.41) is 5.27. The molecule has 1 aromatic carbocycles. The topological polar surface area (TPSA) is 327 Å². The highest BCUT2D eigenvalue weighted by Gasteiger charge is 2.55. The number of amides is 2. The zero-order valence-corrected chi connectivity index (χ0v) is 36.5. The predicted octanol–water partition coefficient (Wildman–Crippen LogP) is 2.40. The van der Waals surface area contributed by atoms with Crippen molar-refractivity contribution in [3.8, 4) is 0 Å². The number of ether oxygens (including phenoxy) is 2. The fourth-order valence-corrected chi connectivity index (χ4v) is 11.3. The van der Waals surface area contributed by atoms with Crippen LogP contribution in [0.2, 0.25) is 0 Å². The van der Waals surface area contributed by atoms with Crippen molar-refractivity contribution in [2.45, 2.75) is 87.8 Å². The van der Waals surface area contributed by atoms with E-state index in [1.165, 1.54) is 17.8 Å². The van der Waals surface area contributed by atoms with E-state index < -0.39 is 107 Å². The number of nitrogens with one attached hydrogen (secondary N) is 3. The number of nitrogens with two attached hydrogens (primary N) is 2. The van der Waals surface area contributed by atoms with Crippen molar-refractivity contribution in [1.29, 1.82) is 0 Å². The summed E-state index contributed by atoms with van der Waals surface area (Å²) in [5.74, 6) is -1.26. The molecule has 8 rings (SSSR count). The summed E-state index contributed by atoms with van der Waals surface area (Å²) in [4.78, 5) is 71.0. The molecule has 3 saturated heterocycles. The van der Waals surface area contributed by atoms with E-state index in [9.17, 15) is 28.4 Å².